The maximum atomic E-state index is 13.4. The van der Waals surface area contributed by atoms with Gasteiger partial charge in [0.15, 0.2) is 5.78 Å². The molecule has 0 aromatic heterocycles. The van der Waals surface area contributed by atoms with Crippen LogP contribution in [0.3, 0.4) is 0 Å². The van der Waals surface area contributed by atoms with Crippen LogP contribution < -0.4 is 0 Å². The summed E-state index contributed by atoms with van der Waals surface area (Å²) >= 11 is 0. The molecule has 0 bridgehead atoms. The minimum atomic E-state index is -3.49. The number of nitrogens with zero attached hydrogens (tertiary/aromatic N) is 2. The Hall–Kier alpha value is -2.25. The Bertz CT molecular complexity index is 765. The number of hydrogen-bond acceptors (Lipinski definition) is 5. The highest BCUT2D eigenvalue weighted by Gasteiger charge is 2.35. The molecule has 1 unspecified atom stereocenters. The van der Waals surface area contributed by atoms with Crippen LogP contribution in [0, 0.1) is 11.3 Å². The van der Waals surface area contributed by atoms with Gasteiger partial charge in [-0.25, -0.2) is 0 Å². The molecule has 0 aliphatic carbocycles. The summed E-state index contributed by atoms with van der Waals surface area (Å²) in [7, 11) is -3.49. The molecule has 6 heteroatoms. The lowest BCUT2D eigenvalue weighted by molar-refractivity contribution is 0.211. The summed E-state index contributed by atoms with van der Waals surface area (Å²) in [5.41, 5.74) is 2.52. The van der Waals surface area contributed by atoms with Crippen molar-refractivity contribution in [1.82, 2.24) is 0 Å². The molecule has 2 rings (SSSR count). The predicted octanol–water partition coefficient (Wildman–Crippen LogP) is 5.42. The van der Waals surface area contributed by atoms with Crippen molar-refractivity contribution in [2.45, 2.75) is 32.5 Å². The number of benzene rings is 2. The molecule has 0 radical (unpaired) electrons. The van der Waals surface area contributed by atoms with Gasteiger partial charge in [-0.1, -0.05) is 60.7 Å². The van der Waals surface area contributed by atoms with Crippen molar-refractivity contribution in [3.63, 3.8) is 0 Å². The summed E-state index contributed by atoms with van der Waals surface area (Å²) in [5.74, 6) is -0.743. The Labute approximate surface area is 161 Å². The first-order valence-electron chi connectivity index (χ1n) is 9.09. The van der Waals surface area contributed by atoms with Gasteiger partial charge in [0.05, 0.1) is 25.0 Å². The average molecular weight is 384 g/mol. The van der Waals surface area contributed by atoms with Crippen LogP contribution in [-0.4, -0.2) is 24.7 Å². The molecular formula is C21H25N2O3P. The molecule has 2 aromatic carbocycles. The van der Waals surface area contributed by atoms with Gasteiger partial charge in [-0.15, -0.1) is 0 Å². The third-order valence-electron chi connectivity index (χ3n) is 3.87. The molecule has 5 nitrogen and oxygen atoms in total. The van der Waals surface area contributed by atoms with E-state index in [1.54, 1.807) is 13.8 Å². The zero-order valence-corrected chi connectivity index (χ0v) is 16.6. The highest BCUT2D eigenvalue weighted by Crippen LogP contribution is 2.55. The maximum absolute atomic E-state index is 13.4. The topological polar surface area (TPSA) is 71.7 Å². The fourth-order valence-electron chi connectivity index (χ4n) is 2.71. The van der Waals surface area contributed by atoms with E-state index in [9.17, 15) is 4.57 Å². The molecule has 0 saturated carbocycles. The Morgan fingerprint density at radius 1 is 1.00 bits per heavy atom. The first-order valence-corrected chi connectivity index (χ1v) is 10.7. The normalized spacial score (nSPS) is 12.2. The van der Waals surface area contributed by atoms with Crippen LogP contribution in [-0.2, 0) is 13.6 Å². The number of aliphatic imine (C=N–C) groups is 1. The van der Waals surface area contributed by atoms with Gasteiger partial charge in [-0.2, -0.15) is 5.26 Å². The van der Waals surface area contributed by atoms with Gasteiger partial charge in [0.1, 0.15) is 0 Å². The summed E-state index contributed by atoms with van der Waals surface area (Å²) in [6.45, 7) is 4.04. The minimum absolute atomic E-state index is 0.217. The van der Waals surface area contributed by atoms with E-state index < -0.39 is 13.4 Å². The predicted molar refractivity (Wildman–Crippen MR) is 108 cm³/mol. The second kappa shape index (κ2) is 10.8. The van der Waals surface area contributed by atoms with E-state index in [-0.39, 0.29) is 19.6 Å². The van der Waals surface area contributed by atoms with Crippen LogP contribution in [0.25, 0.3) is 0 Å². The van der Waals surface area contributed by atoms with Crippen LogP contribution >= 0.6 is 7.60 Å². The Morgan fingerprint density at radius 3 is 1.89 bits per heavy atom. The molecule has 27 heavy (non-hydrogen) atoms. The van der Waals surface area contributed by atoms with Crippen molar-refractivity contribution in [2.24, 2.45) is 4.99 Å². The average Bonchev–Trinajstić information content (AvgIpc) is 2.70. The van der Waals surface area contributed by atoms with E-state index in [2.05, 4.69) is 6.07 Å². The van der Waals surface area contributed by atoms with Crippen molar-refractivity contribution in [1.29, 1.82) is 5.26 Å². The van der Waals surface area contributed by atoms with Crippen molar-refractivity contribution < 1.29 is 13.6 Å². The SMILES string of the molecule is CCOP(=O)(OCC)C(CCC#N)N=C(c1ccccc1)c1ccccc1. The summed E-state index contributed by atoms with van der Waals surface area (Å²) in [6, 6.07) is 21.5. The lowest BCUT2D eigenvalue weighted by atomic mass is 10.0. The second-order valence-corrected chi connectivity index (χ2v) is 7.95. The summed E-state index contributed by atoms with van der Waals surface area (Å²) < 4.78 is 24.4. The van der Waals surface area contributed by atoms with Crippen LogP contribution in [0.2, 0.25) is 0 Å². The molecule has 0 amide bonds. The van der Waals surface area contributed by atoms with Gasteiger partial charge in [-0.05, 0) is 20.3 Å². The lowest BCUT2D eigenvalue weighted by Crippen LogP contribution is -2.15. The monoisotopic (exact) mass is 384 g/mol. The van der Waals surface area contributed by atoms with Crippen LogP contribution in [0.15, 0.2) is 65.7 Å². The molecule has 0 heterocycles. The fourth-order valence-corrected chi connectivity index (χ4v) is 4.55. The first-order chi connectivity index (χ1) is 13.1. The standard InChI is InChI=1S/C21H25N2O3P/c1-3-25-27(24,26-4-2)20(16-11-17-22)23-21(18-12-7-5-8-13-18)19-14-9-6-10-15-19/h5-10,12-15,20H,3-4,11,16H2,1-2H3. The molecule has 0 aliphatic rings. The van der Waals surface area contributed by atoms with Crippen molar-refractivity contribution in [2.75, 3.05) is 13.2 Å². The highest BCUT2D eigenvalue weighted by atomic mass is 31.2. The minimum Gasteiger partial charge on any atom is -0.307 e. The zero-order chi connectivity index (χ0) is 19.5. The summed E-state index contributed by atoms with van der Waals surface area (Å²) in [6.07, 6.45) is 0.520. The molecule has 2 aromatic rings. The molecular weight excluding hydrogens is 359 g/mol. The molecule has 0 fully saturated rings. The van der Waals surface area contributed by atoms with Crippen LogP contribution in [0.1, 0.15) is 37.8 Å². The zero-order valence-electron chi connectivity index (χ0n) is 15.7. The van der Waals surface area contributed by atoms with Gasteiger partial charge in [-0.3, -0.25) is 9.56 Å². The van der Waals surface area contributed by atoms with Gasteiger partial charge in [0.25, 0.3) is 0 Å². The molecule has 0 saturated heterocycles. The molecule has 1 atom stereocenters. The molecule has 0 N–H and O–H groups in total. The number of nitriles is 1. The third-order valence-corrected chi connectivity index (χ3v) is 6.21. The maximum Gasteiger partial charge on any atom is 0.354 e. The summed E-state index contributed by atoms with van der Waals surface area (Å²) in [5, 5.41) is 9.04. The summed E-state index contributed by atoms with van der Waals surface area (Å²) in [4.78, 5) is 4.82. The van der Waals surface area contributed by atoms with E-state index in [1.807, 2.05) is 60.7 Å². The quantitative estimate of drug-likeness (QED) is 0.405. The smallest absolute Gasteiger partial charge is 0.307 e. The van der Waals surface area contributed by atoms with Gasteiger partial charge < -0.3 is 9.05 Å². The first kappa shape index (κ1) is 21.1. The van der Waals surface area contributed by atoms with E-state index in [4.69, 9.17) is 19.3 Å². The second-order valence-electron chi connectivity index (χ2n) is 5.76. The van der Waals surface area contributed by atoms with Crippen LogP contribution in [0.4, 0.5) is 0 Å². The van der Waals surface area contributed by atoms with E-state index in [0.717, 1.165) is 11.1 Å². The van der Waals surface area contributed by atoms with Crippen molar-refractivity contribution in [3.8, 4) is 6.07 Å². The highest BCUT2D eigenvalue weighted by molar-refractivity contribution is 7.54. The van der Waals surface area contributed by atoms with Gasteiger partial charge >= 0.3 is 7.60 Å². The largest absolute Gasteiger partial charge is 0.354 e. The van der Waals surface area contributed by atoms with E-state index in [1.165, 1.54) is 0 Å². The molecule has 0 spiro atoms. The van der Waals surface area contributed by atoms with E-state index >= 15 is 0 Å². The van der Waals surface area contributed by atoms with Crippen molar-refractivity contribution >= 4 is 13.3 Å². The fraction of sp³-hybridized carbons (Fsp3) is 0.333. The molecule has 142 valence electrons. The lowest BCUT2D eigenvalue weighted by Gasteiger charge is -2.24. The third kappa shape index (κ3) is 5.87. The Balaban J connectivity index is 2.57. The number of hydrogen-bond donors (Lipinski definition) is 0. The van der Waals surface area contributed by atoms with Crippen molar-refractivity contribution in [3.05, 3.63) is 71.8 Å². The van der Waals surface area contributed by atoms with Crippen LogP contribution in [0.5, 0.6) is 0 Å². The van der Waals surface area contributed by atoms with Gasteiger partial charge in [0.2, 0.25) is 0 Å². The van der Waals surface area contributed by atoms with Gasteiger partial charge in [0, 0.05) is 17.5 Å². The molecule has 0 aliphatic heterocycles. The Morgan fingerprint density at radius 2 is 1.48 bits per heavy atom. The number of rotatable bonds is 10. The van der Waals surface area contributed by atoms with E-state index in [0.29, 0.717) is 12.1 Å². The Kier molecular flexibility index (Phi) is 8.42.